The quantitative estimate of drug-likeness (QED) is 0.927. The van der Waals surface area contributed by atoms with Gasteiger partial charge in [-0.2, -0.15) is 4.98 Å². The number of aryl methyl sites for hydroxylation is 1. The number of nitrogens with one attached hydrogen (secondary N) is 1. The molecule has 18 heavy (non-hydrogen) atoms. The topological polar surface area (TPSA) is 47.0 Å². The number of ether oxygens (including phenoxy) is 1. The minimum absolute atomic E-state index is 0.307. The number of halogens is 2. The van der Waals surface area contributed by atoms with E-state index >= 15 is 0 Å². The van der Waals surface area contributed by atoms with Gasteiger partial charge in [0.1, 0.15) is 10.8 Å². The molecule has 0 bridgehead atoms. The average Bonchev–Trinajstić information content (AvgIpc) is 2.35. The number of rotatable bonds is 3. The van der Waals surface area contributed by atoms with Crippen LogP contribution in [0.4, 0.5) is 5.95 Å². The fourth-order valence-electron chi connectivity index (χ4n) is 1.37. The van der Waals surface area contributed by atoms with Gasteiger partial charge in [-0.05, 0) is 30.7 Å². The van der Waals surface area contributed by atoms with Crippen molar-refractivity contribution in [2.75, 3.05) is 12.4 Å². The van der Waals surface area contributed by atoms with Gasteiger partial charge in [0.25, 0.3) is 0 Å². The van der Waals surface area contributed by atoms with Crippen LogP contribution >= 0.6 is 23.2 Å². The summed E-state index contributed by atoms with van der Waals surface area (Å²) >= 11 is 11.9. The maximum atomic E-state index is 5.98. The van der Waals surface area contributed by atoms with E-state index in [-0.39, 0.29) is 0 Å². The Morgan fingerprint density at radius 1 is 1.28 bits per heavy atom. The molecule has 6 heteroatoms. The van der Waals surface area contributed by atoms with Crippen LogP contribution in [0, 0.1) is 6.92 Å². The van der Waals surface area contributed by atoms with Gasteiger partial charge in [0.15, 0.2) is 0 Å². The van der Waals surface area contributed by atoms with Gasteiger partial charge in [0.2, 0.25) is 11.8 Å². The van der Waals surface area contributed by atoms with Crippen molar-refractivity contribution in [2.24, 2.45) is 0 Å². The Bertz CT molecular complexity index is 575. The van der Waals surface area contributed by atoms with Crippen molar-refractivity contribution < 1.29 is 4.74 Å². The Kier molecular flexibility index (Phi) is 3.89. The first kappa shape index (κ1) is 12.9. The van der Waals surface area contributed by atoms with Crippen molar-refractivity contribution in [1.82, 2.24) is 9.97 Å². The third-order valence-electron chi connectivity index (χ3n) is 2.28. The van der Waals surface area contributed by atoms with E-state index in [1.807, 2.05) is 13.0 Å². The maximum absolute atomic E-state index is 5.98. The number of hydrogen-bond donors (Lipinski definition) is 1. The molecule has 0 aliphatic carbocycles. The van der Waals surface area contributed by atoms with Crippen LogP contribution in [0.15, 0.2) is 24.4 Å². The third-order valence-corrected chi connectivity index (χ3v) is 2.77. The van der Waals surface area contributed by atoms with E-state index in [9.17, 15) is 0 Å². The Balaban J connectivity index is 2.33. The highest BCUT2D eigenvalue weighted by molar-refractivity contribution is 6.31. The highest BCUT2D eigenvalue weighted by atomic mass is 35.5. The lowest BCUT2D eigenvalue weighted by molar-refractivity contribution is 0.459. The zero-order chi connectivity index (χ0) is 13.1. The molecule has 2 rings (SSSR count). The first-order chi connectivity index (χ1) is 8.60. The molecule has 0 amide bonds. The standard InChI is InChI=1S/C12H11Cl2N3O/c1-7-5-8(13)3-4-10(7)18-11-9(14)6-16-12(15-2)17-11/h3-6H,1-2H3,(H,15,16,17). The van der Waals surface area contributed by atoms with Crippen LogP contribution in [0.3, 0.4) is 0 Å². The molecular formula is C12H11Cl2N3O. The smallest absolute Gasteiger partial charge is 0.243 e. The summed E-state index contributed by atoms with van der Waals surface area (Å²) in [7, 11) is 1.72. The maximum Gasteiger partial charge on any atom is 0.243 e. The SMILES string of the molecule is CNc1ncc(Cl)c(Oc2ccc(Cl)cc2C)n1. The lowest BCUT2D eigenvalue weighted by Crippen LogP contribution is -1.98. The second-order valence-corrected chi connectivity index (χ2v) is 4.45. The molecule has 94 valence electrons. The molecule has 1 aromatic carbocycles. The van der Waals surface area contributed by atoms with Crippen LogP contribution in [-0.2, 0) is 0 Å². The molecule has 0 radical (unpaired) electrons. The normalized spacial score (nSPS) is 10.2. The Labute approximate surface area is 115 Å². The molecule has 0 spiro atoms. The third kappa shape index (κ3) is 2.83. The van der Waals surface area contributed by atoms with E-state index in [1.165, 1.54) is 6.20 Å². The molecule has 1 heterocycles. The first-order valence-corrected chi connectivity index (χ1v) is 6.00. The molecule has 2 aromatic rings. The number of benzene rings is 1. The Morgan fingerprint density at radius 2 is 2.06 bits per heavy atom. The van der Waals surface area contributed by atoms with Gasteiger partial charge in [0, 0.05) is 12.1 Å². The molecule has 0 aliphatic rings. The van der Waals surface area contributed by atoms with Crippen molar-refractivity contribution in [3.05, 3.63) is 40.0 Å². The number of hydrogen-bond acceptors (Lipinski definition) is 4. The lowest BCUT2D eigenvalue weighted by atomic mass is 10.2. The summed E-state index contributed by atoms with van der Waals surface area (Å²) < 4.78 is 5.66. The summed E-state index contributed by atoms with van der Waals surface area (Å²) in [5.74, 6) is 1.41. The van der Waals surface area contributed by atoms with Crippen molar-refractivity contribution in [3.63, 3.8) is 0 Å². The summed E-state index contributed by atoms with van der Waals surface area (Å²) in [6.07, 6.45) is 1.49. The second kappa shape index (κ2) is 5.42. The van der Waals surface area contributed by atoms with Crippen LogP contribution in [0.2, 0.25) is 10.0 Å². The predicted octanol–water partition coefficient (Wildman–Crippen LogP) is 3.93. The van der Waals surface area contributed by atoms with Crippen molar-refractivity contribution in [1.29, 1.82) is 0 Å². The highest BCUT2D eigenvalue weighted by Crippen LogP contribution is 2.30. The Morgan fingerprint density at radius 3 is 2.72 bits per heavy atom. The molecule has 0 aliphatic heterocycles. The number of nitrogens with zero attached hydrogens (tertiary/aromatic N) is 2. The molecule has 0 saturated heterocycles. The lowest BCUT2D eigenvalue weighted by Gasteiger charge is -2.10. The van der Waals surface area contributed by atoms with Gasteiger partial charge in [-0.3, -0.25) is 0 Å². The molecule has 4 nitrogen and oxygen atoms in total. The van der Waals surface area contributed by atoms with Gasteiger partial charge >= 0.3 is 0 Å². The monoisotopic (exact) mass is 283 g/mol. The van der Waals surface area contributed by atoms with Crippen LogP contribution in [0.25, 0.3) is 0 Å². The largest absolute Gasteiger partial charge is 0.437 e. The fourth-order valence-corrected chi connectivity index (χ4v) is 1.73. The van der Waals surface area contributed by atoms with E-state index in [0.29, 0.717) is 27.6 Å². The van der Waals surface area contributed by atoms with Gasteiger partial charge in [0.05, 0.1) is 6.20 Å². The minimum atomic E-state index is 0.307. The zero-order valence-corrected chi connectivity index (χ0v) is 11.4. The molecule has 0 saturated carbocycles. The molecular weight excluding hydrogens is 273 g/mol. The van der Waals surface area contributed by atoms with Crippen molar-refractivity contribution in [2.45, 2.75) is 6.92 Å². The van der Waals surface area contributed by atoms with Crippen LogP contribution < -0.4 is 10.1 Å². The summed E-state index contributed by atoms with van der Waals surface area (Å²) in [6.45, 7) is 1.90. The average molecular weight is 284 g/mol. The Hall–Kier alpha value is -1.52. The van der Waals surface area contributed by atoms with E-state index < -0.39 is 0 Å². The van der Waals surface area contributed by atoms with Gasteiger partial charge in [-0.15, -0.1) is 0 Å². The first-order valence-electron chi connectivity index (χ1n) is 5.24. The summed E-state index contributed by atoms with van der Waals surface area (Å²) in [4.78, 5) is 8.12. The predicted molar refractivity (Wildman–Crippen MR) is 72.9 cm³/mol. The van der Waals surface area contributed by atoms with E-state index in [1.54, 1.807) is 19.2 Å². The fraction of sp³-hybridized carbons (Fsp3) is 0.167. The van der Waals surface area contributed by atoms with E-state index in [4.69, 9.17) is 27.9 Å². The molecule has 0 unspecified atom stereocenters. The number of aromatic nitrogens is 2. The van der Waals surface area contributed by atoms with Crippen LogP contribution in [0.5, 0.6) is 11.6 Å². The number of anilines is 1. The van der Waals surface area contributed by atoms with Gasteiger partial charge in [-0.25, -0.2) is 4.98 Å². The van der Waals surface area contributed by atoms with Crippen molar-refractivity contribution >= 4 is 29.2 Å². The summed E-state index contributed by atoms with van der Waals surface area (Å²) in [6, 6.07) is 5.33. The van der Waals surface area contributed by atoms with E-state index in [2.05, 4.69) is 15.3 Å². The molecule has 1 N–H and O–H groups in total. The van der Waals surface area contributed by atoms with Crippen LogP contribution in [0.1, 0.15) is 5.56 Å². The summed E-state index contributed by atoms with van der Waals surface area (Å²) in [5, 5.41) is 3.83. The summed E-state index contributed by atoms with van der Waals surface area (Å²) in [5.41, 5.74) is 0.906. The van der Waals surface area contributed by atoms with Gasteiger partial charge < -0.3 is 10.1 Å². The van der Waals surface area contributed by atoms with Crippen molar-refractivity contribution in [3.8, 4) is 11.6 Å². The zero-order valence-electron chi connectivity index (χ0n) is 9.87. The van der Waals surface area contributed by atoms with Crippen LogP contribution in [-0.4, -0.2) is 17.0 Å². The minimum Gasteiger partial charge on any atom is -0.437 e. The van der Waals surface area contributed by atoms with E-state index in [0.717, 1.165) is 5.56 Å². The molecule has 0 atom stereocenters. The van der Waals surface area contributed by atoms with Gasteiger partial charge in [-0.1, -0.05) is 23.2 Å². The molecule has 0 fully saturated rings. The molecule has 1 aromatic heterocycles. The highest BCUT2D eigenvalue weighted by Gasteiger charge is 2.09. The second-order valence-electron chi connectivity index (χ2n) is 3.61.